The summed E-state index contributed by atoms with van der Waals surface area (Å²) < 4.78 is 2.22. The van der Waals surface area contributed by atoms with Gasteiger partial charge in [-0.3, -0.25) is 0 Å². The van der Waals surface area contributed by atoms with Crippen LogP contribution in [0.3, 0.4) is 0 Å². The van der Waals surface area contributed by atoms with Crippen molar-refractivity contribution >= 4 is 23.1 Å². The van der Waals surface area contributed by atoms with Crippen LogP contribution in [-0.2, 0) is 12.1 Å². The molecule has 144 valence electrons. The normalized spacial score (nSPS) is 22.3. The highest BCUT2D eigenvalue weighted by atomic mass is 79.9. The molecular formula is C22H26BrClN2O. The third-order valence-electron chi connectivity index (χ3n) is 5.69. The van der Waals surface area contributed by atoms with Gasteiger partial charge in [-0.15, -0.1) is 0 Å². The first kappa shape index (κ1) is 20.4. The maximum Gasteiger partial charge on any atom is 0.271 e. The van der Waals surface area contributed by atoms with Crippen molar-refractivity contribution in [1.29, 1.82) is 0 Å². The molecule has 0 amide bonds. The zero-order chi connectivity index (χ0) is 18.1. The van der Waals surface area contributed by atoms with Crippen molar-refractivity contribution in [3.05, 3.63) is 64.7 Å². The van der Waals surface area contributed by atoms with Gasteiger partial charge in [0.05, 0.1) is 6.54 Å². The molecule has 5 heteroatoms. The van der Waals surface area contributed by atoms with Crippen LogP contribution < -0.4 is 21.9 Å². The minimum absolute atomic E-state index is 0. The number of nitrogens with zero attached hydrogens (tertiary/aromatic N) is 2. The molecule has 1 N–H and O–H groups in total. The summed E-state index contributed by atoms with van der Waals surface area (Å²) >= 11 is 6.07. The van der Waals surface area contributed by atoms with Crippen molar-refractivity contribution in [3.63, 3.8) is 0 Å². The molecule has 2 aromatic rings. The maximum absolute atomic E-state index is 11.7. The summed E-state index contributed by atoms with van der Waals surface area (Å²) in [6.07, 6.45) is 5.54. The lowest BCUT2D eigenvalue weighted by Gasteiger charge is -2.23. The third-order valence-corrected chi connectivity index (χ3v) is 5.95. The Morgan fingerprint density at radius 1 is 1.04 bits per heavy atom. The minimum atomic E-state index is -1.01. The monoisotopic (exact) mass is 448 g/mol. The van der Waals surface area contributed by atoms with Gasteiger partial charge in [-0.25, -0.2) is 9.48 Å². The minimum Gasteiger partial charge on any atom is -1.00 e. The van der Waals surface area contributed by atoms with E-state index in [0.29, 0.717) is 11.6 Å². The fraction of sp³-hybridized carbons (Fsp3) is 0.409. The molecule has 2 aliphatic rings. The van der Waals surface area contributed by atoms with E-state index < -0.39 is 5.72 Å². The Kier molecular flexibility index (Phi) is 6.29. The van der Waals surface area contributed by atoms with E-state index in [1.54, 1.807) is 0 Å². The molecular weight excluding hydrogens is 424 g/mol. The molecule has 0 aromatic heterocycles. The standard InChI is InChI=1S/C22H26ClN2O.BrH/c1-2-17-7-13-20(14-8-17)24-16-22(26,18-9-11-19(23)12-10-18)25-15-5-3-4-6-21(24)25;/h7-14,26H,2-6,15-16H2,1H3;1H/q+1;/p-1. The predicted octanol–water partition coefficient (Wildman–Crippen LogP) is 1.56. The summed E-state index contributed by atoms with van der Waals surface area (Å²) in [4.78, 5) is 2.30. The largest absolute Gasteiger partial charge is 1.00 e. The number of anilines is 1. The molecule has 1 unspecified atom stereocenters. The van der Waals surface area contributed by atoms with Gasteiger partial charge in [-0.1, -0.05) is 42.8 Å². The lowest BCUT2D eigenvalue weighted by molar-refractivity contribution is -0.658. The van der Waals surface area contributed by atoms with Crippen LogP contribution in [0.1, 0.15) is 43.7 Å². The first-order chi connectivity index (χ1) is 12.6. The van der Waals surface area contributed by atoms with Crippen LogP contribution in [0.15, 0.2) is 48.5 Å². The first-order valence-corrected chi connectivity index (χ1v) is 9.98. The van der Waals surface area contributed by atoms with Gasteiger partial charge in [-0.2, -0.15) is 0 Å². The highest BCUT2D eigenvalue weighted by molar-refractivity contribution is 6.30. The van der Waals surface area contributed by atoms with E-state index in [1.807, 2.05) is 24.3 Å². The highest BCUT2D eigenvalue weighted by Crippen LogP contribution is 2.35. The van der Waals surface area contributed by atoms with Crippen molar-refractivity contribution in [2.75, 3.05) is 18.0 Å². The van der Waals surface area contributed by atoms with Crippen molar-refractivity contribution < 1.29 is 26.7 Å². The summed E-state index contributed by atoms with van der Waals surface area (Å²) in [7, 11) is 0. The Bertz CT molecular complexity index is 819. The number of rotatable bonds is 3. The van der Waals surface area contributed by atoms with Crippen LogP contribution in [-0.4, -0.2) is 28.6 Å². The van der Waals surface area contributed by atoms with Gasteiger partial charge < -0.3 is 22.1 Å². The van der Waals surface area contributed by atoms with Gasteiger partial charge in [0, 0.05) is 17.0 Å². The first-order valence-electron chi connectivity index (χ1n) is 9.60. The van der Waals surface area contributed by atoms with Gasteiger partial charge in [0.2, 0.25) is 0 Å². The average Bonchev–Trinajstić information content (AvgIpc) is 2.82. The fourth-order valence-corrected chi connectivity index (χ4v) is 4.31. The number of benzene rings is 2. The molecule has 0 bridgehead atoms. The van der Waals surface area contributed by atoms with Gasteiger partial charge in [0.25, 0.3) is 11.6 Å². The molecule has 0 radical (unpaired) electrons. The van der Waals surface area contributed by atoms with Crippen molar-refractivity contribution in [3.8, 4) is 0 Å². The molecule has 2 aromatic carbocycles. The number of halogens is 2. The summed E-state index contributed by atoms with van der Waals surface area (Å²) in [5.41, 5.74) is 2.40. The Hall–Kier alpha value is -1.36. The molecule has 27 heavy (non-hydrogen) atoms. The third kappa shape index (κ3) is 3.80. The Morgan fingerprint density at radius 3 is 2.41 bits per heavy atom. The number of aryl methyl sites for hydroxylation is 1. The topological polar surface area (TPSA) is 26.5 Å². The maximum atomic E-state index is 11.7. The molecule has 0 saturated carbocycles. The summed E-state index contributed by atoms with van der Waals surface area (Å²) in [5, 5.41) is 12.4. The Morgan fingerprint density at radius 2 is 1.74 bits per heavy atom. The lowest BCUT2D eigenvalue weighted by Crippen LogP contribution is -3.00. The number of amidine groups is 1. The van der Waals surface area contributed by atoms with Crippen LogP contribution in [0.4, 0.5) is 5.69 Å². The zero-order valence-electron chi connectivity index (χ0n) is 15.7. The van der Waals surface area contributed by atoms with Crippen LogP contribution in [0.2, 0.25) is 5.02 Å². The van der Waals surface area contributed by atoms with E-state index in [-0.39, 0.29) is 17.0 Å². The molecule has 1 atom stereocenters. The summed E-state index contributed by atoms with van der Waals surface area (Å²) in [6.45, 7) is 3.61. The predicted molar refractivity (Wildman–Crippen MR) is 107 cm³/mol. The number of hydrogen-bond acceptors (Lipinski definition) is 2. The van der Waals surface area contributed by atoms with E-state index in [4.69, 9.17) is 11.6 Å². The average molecular weight is 450 g/mol. The van der Waals surface area contributed by atoms with E-state index >= 15 is 0 Å². The van der Waals surface area contributed by atoms with E-state index in [1.165, 1.54) is 24.2 Å². The van der Waals surface area contributed by atoms with E-state index in [9.17, 15) is 5.11 Å². The van der Waals surface area contributed by atoms with Crippen LogP contribution >= 0.6 is 11.6 Å². The molecule has 0 saturated heterocycles. The molecule has 4 rings (SSSR count). The second kappa shape index (κ2) is 8.34. The Balaban J connectivity index is 0.00000210. The Labute approximate surface area is 177 Å². The fourth-order valence-electron chi connectivity index (χ4n) is 4.19. The second-order valence-corrected chi connectivity index (χ2v) is 7.74. The summed E-state index contributed by atoms with van der Waals surface area (Å²) in [5.74, 6) is 1.24. The van der Waals surface area contributed by atoms with Gasteiger partial charge in [0.15, 0.2) is 6.54 Å². The molecule has 2 aliphatic heterocycles. The van der Waals surface area contributed by atoms with E-state index in [2.05, 4.69) is 40.7 Å². The van der Waals surface area contributed by atoms with Crippen molar-refractivity contribution in [2.24, 2.45) is 0 Å². The van der Waals surface area contributed by atoms with Crippen LogP contribution in [0, 0.1) is 0 Å². The van der Waals surface area contributed by atoms with Crippen LogP contribution in [0.25, 0.3) is 0 Å². The molecule has 0 fully saturated rings. The lowest BCUT2D eigenvalue weighted by atomic mass is 10.0. The summed E-state index contributed by atoms with van der Waals surface area (Å²) in [6, 6.07) is 16.4. The highest BCUT2D eigenvalue weighted by Gasteiger charge is 2.51. The molecule has 0 spiro atoms. The van der Waals surface area contributed by atoms with E-state index in [0.717, 1.165) is 37.1 Å². The SMILES string of the molecule is CCc1ccc(N2CC(O)(c3ccc(Cl)cc3)[N+]3=C2CCCCC3)cc1.[Br-]. The van der Waals surface area contributed by atoms with Gasteiger partial charge in [-0.05, 0) is 55.5 Å². The van der Waals surface area contributed by atoms with Crippen LogP contribution in [0.5, 0.6) is 0 Å². The quantitative estimate of drug-likeness (QED) is 0.720. The van der Waals surface area contributed by atoms with Gasteiger partial charge in [0.1, 0.15) is 5.69 Å². The number of β-amino-alcohol motifs (C(OH)–C–C–N with tert-alkyl or cyclic N) is 1. The second-order valence-electron chi connectivity index (χ2n) is 7.31. The molecule has 2 heterocycles. The van der Waals surface area contributed by atoms with Gasteiger partial charge >= 0.3 is 0 Å². The number of hydrogen-bond donors (Lipinski definition) is 1. The van der Waals surface area contributed by atoms with Crippen molar-refractivity contribution in [2.45, 2.75) is 44.8 Å². The molecule has 0 aliphatic carbocycles. The van der Waals surface area contributed by atoms with Crippen molar-refractivity contribution in [1.82, 2.24) is 0 Å². The smallest absolute Gasteiger partial charge is 0.271 e. The zero-order valence-corrected chi connectivity index (χ0v) is 18.0. The molecule has 3 nitrogen and oxygen atoms in total. The number of aliphatic hydroxyl groups is 1.